The van der Waals surface area contributed by atoms with Gasteiger partial charge >= 0.3 is 0 Å². The fraction of sp³-hybridized carbons (Fsp3) is 0.943. The molecule has 0 aromatic rings. The van der Waals surface area contributed by atoms with Gasteiger partial charge in [0.2, 0.25) is 5.91 Å². The third-order valence-corrected chi connectivity index (χ3v) is 12.5. The molecule has 0 radical (unpaired) electrons. The van der Waals surface area contributed by atoms with E-state index in [0.29, 0.717) is 12.8 Å². The molecule has 0 heterocycles. The number of allylic oxidation sites excluding steroid dienone is 2. The number of aliphatic hydroxyl groups excluding tert-OH is 2. The molecule has 0 aliphatic heterocycles. The summed E-state index contributed by atoms with van der Waals surface area (Å²) in [4.78, 5) is 12.4. The molecule has 0 spiro atoms. The maximum absolute atomic E-state index is 12.4. The monoisotopic (exact) mass is 804 g/mol. The summed E-state index contributed by atoms with van der Waals surface area (Å²) in [6, 6.07) is -0.537. The largest absolute Gasteiger partial charge is 0.394 e. The van der Waals surface area contributed by atoms with Gasteiger partial charge in [-0.1, -0.05) is 270 Å². The van der Waals surface area contributed by atoms with Gasteiger partial charge in [0.1, 0.15) is 0 Å². The van der Waals surface area contributed by atoms with Crippen molar-refractivity contribution in [1.29, 1.82) is 0 Å². The van der Waals surface area contributed by atoms with Crippen molar-refractivity contribution >= 4 is 5.91 Å². The molecule has 3 N–H and O–H groups in total. The van der Waals surface area contributed by atoms with Crippen LogP contribution in [0.4, 0.5) is 0 Å². The van der Waals surface area contributed by atoms with Gasteiger partial charge in [-0.15, -0.1) is 0 Å². The van der Waals surface area contributed by atoms with Gasteiger partial charge in [-0.3, -0.25) is 4.79 Å². The highest BCUT2D eigenvalue weighted by atomic mass is 16.3. The Morgan fingerprint density at radius 1 is 0.404 bits per heavy atom. The van der Waals surface area contributed by atoms with Crippen LogP contribution >= 0.6 is 0 Å². The van der Waals surface area contributed by atoms with Crippen LogP contribution in [-0.2, 0) is 4.79 Å². The summed E-state index contributed by atoms with van der Waals surface area (Å²) in [5.41, 5.74) is 0. The number of carbonyl (C=O) groups excluding carboxylic acids is 1. The fourth-order valence-corrected chi connectivity index (χ4v) is 8.48. The number of unbranched alkanes of at least 4 members (excludes halogenated alkanes) is 40. The Morgan fingerprint density at radius 2 is 0.667 bits per heavy atom. The Labute approximate surface area is 358 Å². The number of rotatable bonds is 49. The van der Waals surface area contributed by atoms with Crippen molar-refractivity contribution in [1.82, 2.24) is 5.32 Å². The van der Waals surface area contributed by atoms with E-state index in [0.717, 1.165) is 25.7 Å². The number of carbonyl (C=O) groups is 1. The minimum atomic E-state index is -0.660. The van der Waals surface area contributed by atoms with Gasteiger partial charge in [0.25, 0.3) is 0 Å². The quantitative estimate of drug-likeness (QED) is 0.0424. The SMILES string of the molecule is CCCCC/C=C\CCCCCCCC(=O)NC(CO)C(O)CCCCCCCCCCCCCCCCCCCCCCCCCCCCCCCCCCC. The Hall–Kier alpha value is -0.870. The minimum Gasteiger partial charge on any atom is -0.394 e. The van der Waals surface area contributed by atoms with Crippen molar-refractivity contribution in [3.8, 4) is 0 Å². The Morgan fingerprint density at radius 3 is 1.00 bits per heavy atom. The second-order valence-corrected chi connectivity index (χ2v) is 18.3. The Bertz CT molecular complexity index is 784. The van der Waals surface area contributed by atoms with E-state index in [1.54, 1.807) is 0 Å². The van der Waals surface area contributed by atoms with E-state index in [-0.39, 0.29) is 12.5 Å². The maximum atomic E-state index is 12.4. The van der Waals surface area contributed by atoms with Crippen LogP contribution < -0.4 is 5.32 Å². The van der Waals surface area contributed by atoms with E-state index in [2.05, 4.69) is 31.3 Å². The molecular formula is C53H105NO3. The molecule has 4 heteroatoms. The molecule has 0 aromatic carbocycles. The zero-order valence-corrected chi connectivity index (χ0v) is 39.1. The van der Waals surface area contributed by atoms with E-state index in [9.17, 15) is 15.0 Å². The highest BCUT2D eigenvalue weighted by molar-refractivity contribution is 5.76. The first-order valence-corrected chi connectivity index (χ1v) is 26.4. The zero-order valence-electron chi connectivity index (χ0n) is 39.1. The number of hydrogen-bond acceptors (Lipinski definition) is 3. The van der Waals surface area contributed by atoms with Crippen LogP contribution in [0.3, 0.4) is 0 Å². The smallest absolute Gasteiger partial charge is 0.220 e. The first-order valence-electron chi connectivity index (χ1n) is 26.4. The minimum absolute atomic E-state index is 0.0377. The van der Waals surface area contributed by atoms with Crippen molar-refractivity contribution in [3.05, 3.63) is 12.2 Å². The molecule has 0 aliphatic carbocycles. The van der Waals surface area contributed by atoms with Crippen molar-refractivity contribution < 1.29 is 15.0 Å². The van der Waals surface area contributed by atoms with Gasteiger partial charge in [-0.05, 0) is 38.5 Å². The van der Waals surface area contributed by atoms with Crippen LogP contribution in [0.15, 0.2) is 12.2 Å². The van der Waals surface area contributed by atoms with Crippen LogP contribution in [0, 0.1) is 0 Å². The third-order valence-electron chi connectivity index (χ3n) is 12.5. The van der Waals surface area contributed by atoms with Gasteiger partial charge in [-0.25, -0.2) is 0 Å². The Kier molecular flexibility index (Phi) is 48.7. The molecule has 4 nitrogen and oxygen atoms in total. The fourth-order valence-electron chi connectivity index (χ4n) is 8.48. The van der Waals surface area contributed by atoms with Gasteiger partial charge in [0.05, 0.1) is 18.8 Å². The molecular weight excluding hydrogens is 699 g/mol. The normalized spacial score (nSPS) is 12.8. The average molecular weight is 804 g/mol. The van der Waals surface area contributed by atoms with Gasteiger partial charge in [0, 0.05) is 6.42 Å². The molecule has 0 aliphatic rings. The highest BCUT2D eigenvalue weighted by Crippen LogP contribution is 2.18. The van der Waals surface area contributed by atoms with E-state index in [4.69, 9.17) is 0 Å². The van der Waals surface area contributed by atoms with Crippen molar-refractivity contribution in [2.45, 2.75) is 315 Å². The molecule has 0 bridgehead atoms. The summed E-state index contributed by atoms with van der Waals surface area (Å²) in [7, 11) is 0. The molecule has 0 aromatic heterocycles. The lowest BCUT2D eigenvalue weighted by Gasteiger charge is -2.22. The molecule has 0 fully saturated rings. The molecule has 2 atom stereocenters. The summed E-state index contributed by atoms with van der Waals surface area (Å²) >= 11 is 0. The molecule has 2 unspecified atom stereocenters. The number of amides is 1. The summed E-state index contributed by atoms with van der Waals surface area (Å²) in [6.07, 6.45) is 63.5. The second kappa shape index (κ2) is 49.5. The lowest BCUT2D eigenvalue weighted by molar-refractivity contribution is -0.123. The molecule has 0 rings (SSSR count). The maximum Gasteiger partial charge on any atom is 0.220 e. The summed E-state index contributed by atoms with van der Waals surface area (Å²) in [5, 5.41) is 23.2. The summed E-state index contributed by atoms with van der Waals surface area (Å²) in [5.74, 6) is -0.0377. The zero-order chi connectivity index (χ0) is 41.4. The molecule has 340 valence electrons. The van der Waals surface area contributed by atoms with Crippen molar-refractivity contribution in [2.75, 3.05) is 6.61 Å². The van der Waals surface area contributed by atoms with Crippen molar-refractivity contribution in [3.63, 3.8) is 0 Å². The van der Waals surface area contributed by atoms with Crippen LogP contribution in [0.1, 0.15) is 303 Å². The molecule has 0 saturated carbocycles. The molecule has 57 heavy (non-hydrogen) atoms. The number of nitrogens with one attached hydrogen (secondary N) is 1. The predicted molar refractivity (Wildman–Crippen MR) is 253 cm³/mol. The average Bonchev–Trinajstić information content (AvgIpc) is 3.22. The second-order valence-electron chi connectivity index (χ2n) is 18.3. The Balaban J connectivity index is 3.36. The standard InChI is InChI=1S/C53H105NO3/c1-3-5-7-9-11-13-15-17-18-19-20-21-22-23-24-25-26-27-28-29-30-31-32-33-34-35-36-37-38-40-42-44-46-48-52(56)51(50-55)54-53(57)49-47-45-43-41-39-16-14-12-10-8-6-4-2/h12,14,51-52,55-56H,3-11,13,15-50H2,1-2H3,(H,54,57)/b14-12-. The van der Waals surface area contributed by atoms with Gasteiger partial charge < -0.3 is 15.5 Å². The summed E-state index contributed by atoms with van der Waals surface area (Å²) < 4.78 is 0. The van der Waals surface area contributed by atoms with E-state index in [1.165, 1.54) is 250 Å². The van der Waals surface area contributed by atoms with Crippen LogP contribution in [0.2, 0.25) is 0 Å². The lowest BCUT2D eigenvalue weighted by atomic mass is 10.0. The van der Waals surface area contributed by atoms with Crippen molar-refractivity contribution in [2.24, 2.45) is 0 Å². The predicted octanol–water partition coefficient (Wildman–Crippen LogP) is 17.0. The first-order chi connectivity index (χ1) is 28.2. The van der Waals surface area contributed by atoms with E-state index in [1.807, 2.05) is 0 Å². The van der Waals surface area contributed by atoms with Crippen LogP contribution in [-0.4, -0.2) is 34.9 Å². The van der Waals surface area contributed by atoms with Gasteiger partial charge in [-0.2, -0.15) is 0 Å². The van der Waals surface area contributed by atoms with E-state index < -0.39 is 12.1 Å². The van der Waals surface area contributed by atoms with Crippen LogP contribution in [0.5, 0.6) is 0 Å². The van der Waals surface area contributed by atoms with Gasteiger partial charge in [0.15, 0.2) is 0 Å². The topological polar surface area (TPSA) is 69.6 Å². The van der Waals surface area contributed by atoms with E-state index >= 15 is 0 Å². The number of aliphatic hydroxyl groups is 2. The highest BCUT2D eigenvalue weighted by Gasteiger charge is 2.20. The molecule has 0 saturated heterocycles. The number of hydrogen-bond donors (Lipinski definition) is 3. The molecule has 1 amide bonds. The first kappa shape index (κ1) is 56.1. The van der Waals surface area contributed by atoms with Crippen LogP contribution in [0.25, 0.3) is 0 Å². The lowest BCUT2D eigenvalue weighted by Crippen LogP contribution is -2.45. The third kappa shape index (κ3) is 46.1. The summed E-state index contributed by atoms with van der Waals surface area (Å²) in [6.45, 7) is 4.35.